The van der Waals surface area contributed by atoms with Crippen molar-refractivity contribution in [2.24, 2.45) is 0 Å². The fourth-order valence-corrected chi connectivity index (χ4v) is 2.14. The third-order valence-corrected chi connectivity index (χ3v) is 3.20. The van der Waals surface area contributed by atoms with Crippen molar-refractivity contribution < 1.29 is 4.79 Å². The molecule has 96 valence electrons. The molecule has 1 amide bonds. The topological polar surface area (TPSA) is 41.1 Å². The fourth-order valence-electron chi connectivity index (χ4n) is 2.14. The van der Waals surface area contributed by atoms with E-state index in [2.05, 4.69) is 16.6 Å². The number of piperidine rings is 1. The third kappa shape index (κ3) is 7.01. The van der Waals surface area contributed by atoms with Gasteiger partial charge in [-0.2, -0.15) is 0 Å². The van der Waals surface area contributed by atoms with Gasteiger partial charge in [-0.05, 0) is 38.6 Å². The Hall–Kier alpha value is -1.01. The molecule has 0 spiro atoms. The van der Waals surface area contributed by atoms with Crippen LogP contribution in [0, 0.1) is 12.3 Å². The van der Waals surface area contributed by atoms with Gasteiger partial charge >= 0.3 is 0 Å². The van der Waals surface area contributed by atoms with Crippen LogP contribution in [0.1, 0.15) is 51.4 Å². The minimum absolute atomic E-state index is 0.179. The predicted molar refractivity (Wildman–Crippen MR) is 70.6 cm³/mol. The Morgan fingerprint density at radius 2 is 2.29 bits per heavy atom. The standard InChI is InChI=1S/C14H24N2O/c1-2-3-4-6-12-16-14(17)10-9-13-8-5-7-11-15-13/h1,13,15H,3-12H2,(H,16,17). The number of amides is 1. The summed E-state index contributed by atoms with van der Waals surface area (Å²) in [6.45, 7) is 1.87. The molecule has 2 N–H and O–H groups in total. The molecule has 0 saturated carbocycles. The van der Waals surface area contributed by atoms with E-state index in [0.717, 1.165) is 38.8 Å². The van der Waals surface area contributed by atoms with Crippen molar-refractivity contribution in [1.82, 2.24) is 10.6 Å². The van der Waals surface area contributed by atoms with Crippen molar-refractivity contribution in [3.8, 4) is 12.3 Å². The highest BCUT2D eigenvalue weighted by atomic mass is 16.1. The Morgan fingerprint density at radius 3 is 3.00 bits per heavy atom. The van der Waals surface area contributed by atoms with Crippen molar-refractivity contribution in [3.05, 3.63) is 0 Å². The van der Waals surface area contributed by atoms with Gasteiger partial charge in [0.05, 0.1) is 0 Å². The molecular formula is C14H24N2O. The maximum atomic E-state index is 11.5. The summed E-state index contributed by atoms with van der Waals surface area (Å²) in [6.07, 6.45) is 13.4. The first kappa shape index (κ1) is 14.1. The molecule has 1 heterocycles. The number of carbonyl (C=O) groups is 1. The molecule has 1 atom stereocenters. The number of hydrogen-bond acceptors (Lipinski definition) is 2. The highest BCUT2D eigenvalue weighted by Crippen LogP contribution is 2.11. The van der Waals surface area contributed by atoms with E-state index in [1.807, 2.05) is 0 Å². The van der Waals surface area contributed by atoms with Crippen LogP contribution in [-0.2, 0) is 4.79 Å². The third-order valence-electron chi connectivity index (χ3n) is 3.20. The molecule has 1 fully saturated rings. The summed E-state index contributed by atoms with van der Waals surface area (Å²) in [6, 6.07) is 0.552. The zero-order valence-corrected chi connectivity index (χ0v) is 10.6. The van der Waals surface area contributed by atoms with E-state index < -0.39 is 0 Å². The molecule has 3 heteroatoms. The highest BCUT2D eigenvalue weighted by molar-refractivity contribution is 5.75. The number of nitrogens with one attached hydrogen (secondary N) is 2. The summed E-state index contributed by atoms with van der Waals surface area (Å²) in [5, 5.41) is 6.40. The van der Waals surface area contributed by atoms with Crippen LogP contribution in [0.3, 0.4) is 0 Å². The SMILES string of the molecule is C#CCCCCNC(=O)CCC1CCCCN1. The first-order chi connectivity index (χ1) is 8.33. The maximum absolute atomic E-state index is 11.5. The smallest absolute Gasteiger partial charge is 0.220 e. The molecule has 3 nitrogen and oxygen atoms in total. The van der Waals surface area contributed by atoms with Gasteiger partial charge in [-0.25, -0.2) is 0 Å². The Kier molecular flexibility index (Phi) is 7.49. The van der Waals surface area contributed by atoms with Crippen molar-refractivity contribution >= 4 is 5.91 Å². The number of unbranched alkanes of at least 4 members (excludes halogenated alkanes) is 2. The molecule has 0 aromatic heterocycles. The predicted octanol–water partition coefficient (Wildman–Crippen LogP) is 1.83. The zero-order chi connectivity index (χ0) is 12.3. The van der Waals surface area contributed by atoms with Gasteiger partial charge in [0, 0.05) is 25.4 Å². The average Bonchev–Trinajstić information content (AvgIpc) is 2.37. The quantitative estimate of drug-likeness (QED) is 0.523. The highest BCUT2D eigenvalue weighted by Gasteiger charge is 2.13. The minimum Gasteiger partial charge on any atom is -0.356 e. The van der Waals surface area contributed by atoms with Crippen molar-refractivity contribution in [2.75, 3.05) is 13.1 Å². The second-order valence-corrected chi connectivity index (χ2v) is 4.70. The Bertz CT molecular complexity index is 251. The normalized spacial score (nSPS) is 19.6. The number of terminal acetylenes is 1. The van der Waals surface area contributed by atoms with Crippen LogP contribution in [0.4, 0.5) is 0 Å². The Morgan fingerprint density at radius 1 is 1.41 bits per heavy atom. The number of carbonyl (C=O) groups excluding carboxylic acids is 1. The molecule has 0 aliphatic carbocycles. The summed E-state index contributed by atoms with van der Waals surface area (Å²) in [5.41, 5.74) is 0. The van der Waals surface area contributed by atoms with Crippen LogP contribution < -0.4 is 10.6 Å². The first-order valence-corrected chi connectivity index (χ1v) is 6.76. The van der Waals surface area contributed by atoms with E-state index in [1.165, 1.54) is 19.3 Å². The van der Waals surface area contributed by atoms with Gasteiger partial charge in [0.1, 0.15) is 0 Å². The summed E-state index contributed by atoms with van der Waals surface area (Å²) in [5.74, 6) is 2.78. The summed E-state index contributed by atoms with van der Waals surface area (Å²) in [4.78, 5) is 11.5. The van der Waals surface area contributed by atoms with E-state index in [1.54, 1.807) is 0 Å². The second kappa shape index (κ2) is 9.07. The first-order valence-electron chi connectivity index (χ1n) is 6.76. The van der Waals surface area contributed by atoms with E-state index in [9.17, 15) is 4.79 Å². The molecule has 1 saturated heterocycles. The second-order valence-electron chi connectivity index (χ2n) is 4.70. The minimum atomic E-state index is 0.179. The zero-order valence-electron chi connectivity index (χ0n) is 10.6. The van der Waals surface area contributed by atoms with Gasteiger partial charge < -0.3 is 10.6 Å². The molecule has 17 heavy (non-hydrogen) atoms. The summed E-state index contributed by atoms with van der Waals surface area (Å²) >= 11 is 0. The molecule has 1 aliphatic rings. The lowest BCUT2D eigenvalue weighted by atomic mass is 10.0. The molecular weight excluding hydrogens is 212 g/mol. The largest absolute Gasteiger partial charge is 0.356 e. The van der Waals surface area contributed by atoms with Gasteiger partial charge in [0.15, 0.2) is 0 Å². The summed E-state index contributed by atoms with van der Waals surface area (Å²) in [7, 11) is 0. The van der Waals surface area contributed by atoms with Crippen molar-refractivity contribution in [1.29, 1.82) is 0 Å². The van der Waals surface area contributed by atoms with E-state index >= 15 is 0 Å². The maximum Gasteiger partial charge on any atom is 0.220 e. The van der Waals surface area contributed by atoms with Crippen LogP contribution in [-0.4, -0.2) is 25.0 Å². The van der Waals surface area contributed by atoms with Gasteiger partial charge in [0.25, 0.3) is 0 Å². The Balaban J connectivity index is 1.95. The van der Waals surface area contributed by atoms with Crippen molar-refractivity contribution in [2.45, 2.75) is 57.4 Å². The van der Waals surface area contributed by atoms with Crippen LogP contribution >= 0.6 is 0 Å². The van der Waals surface area contributed by atoms with Crippen molar-refractivity contribution in [3.63, 3.8) is 0 Å². The Labute approximate surface area is 105 Å². The molecule has 0 aromatic carbocycles. The van der Waals surface area contributed by atoms with Gasteiger partial charge in [-0.1, -0.05) is 6.42 Å². The number of rotatable bonds is 7. The molecule has 1 rings (SSSR count). The molecule has 1 unspecified atom stereocenters. The van der Waals surface area contributed by atoms with E-state index in [-0.39, 0.29) is 5.91 Å². The van der Waals surface area contributed by atoms with Gasteiger partial charge in [-0.3, -0.25) is 4.79 Å². The lowest BCUT2D eigenvalue weighted by Crippen LogP contribution is -2.35. The van der Waals surface area contributed by atoms with Crippen LogP contribution in [0.5, 0.6) is 0 Å². The van der Waals surface area contributed by atoms with Gasteiger partial charge in [-0.15, -0.1) is 12.3 Å². The molecule has 0 aromatic rings. The van der Waals surface area contributed by atoms with E-state index in [4.69, 9.17) is 6.42 Å². The number of hydrogen-bond donors (Lipinski definition) is 2. The van der Waals surface area contributed by atoms with E-state index in [0.29, 0.717) is 12.5 Å². The van der Waals surface area contributed by atoms with Gasteiger partial charge in [0.2, 0.25) is 5.91 Å². The lowest BCUT2D eigenvalue weighted by molar-refractivity contribution is -0.121. The molecule has 0 bridgehead atoms. The van der Waals surface area contributed by atoms with Crippen LogP contribution in [0.25, 0.3) is 0 Å². The monoisotopic (exact) mass is 236 g/mol. The molecule has 1 aliphatic heterocycles. The van der Waals surface area contributed by atoms with Crippen LogP contribution in [0.2, 0.25) is 0 Å². The lowest BCUT2D eigenvalue weighted by Gasteiger charge is -2.23. The fraction of sp³-hybridized carbons (Fsp3) is 0.786. The average molecular weight is 236 g/mol. The summed E-state index contributed by atoms with van der Waals surface area (Å²) < 4.78 is 0. The molecule has 0 radical (unpaired) electrons. The van der Waals surface area contributed by atoms with Crippen LogP contribution in [0.15, 0.2) is 0 Å².